The molecule has 1 aliphatic heterocycles. The molecule has 0 atom stereocenters. The highest BCUT2D eigenvalue weighted by Crippen LogP contribution is 2.38. The van der Waals surface area contributed by atoms with Crippen LogP contribution in [-0.2, 0) is 6.42 Å². The highest BCUT2D eigenvalue weighted by atomic mass is 35.5. The lowest BCUT2D eigenvalue weighted by Gasteiger charge is -2.35. The van der Waals surface area contributed by atoms with Crippen LogP contribution in [0.5, 0.6) is 5.75 Å². The lowest BCUT2D eigenvalue weighted by molar-refractivity contribution is 0.0358. The van der Waals surface area contributed by atoms with Crippen LogP contribution in [0.4, 0.5) is 0 Å². The topological polar surface area (TPSA) is 58.6 Å². The first-order valence-electron chi connectivity index (χ1n) is 9.62. The summed E-state index contributed by atoms with van der Waals surface area (Å²) in [7, 11) is 0. The van der Waals surface area contributed by atoms with E-state index in [0.29, 0.717) is 16.1 Å². The molecule has 0 aliphatic carbocycles. The molecular weight excluding hydrogens is 388 g/mol. The van der Waals surface area contributed by atoms with Crippen molar-refractivity contribution < 1.29 is 14.3 Å². The monoisotopic (exact) mass is 414 g/mol. The van der Waals surface area contributed by atoms with E-state index in [2.05, 4.69) is 5.43 Å². The van der Waals surface area contributed by atoms with E-state index < -0.39 is 5.54 Å². The van der Waals surface area contributed by atoms with Gasteiger partial charge in [0.2, 0.25) is 0 Å². The highest BCUT2D eigenvalue weighted by molar-refractivity contribution is 6.33. The summed E-state index contributed by atoms with van der Waals surface area (Å²) in [6.45, 7) is 11.5. The molecule has 1 aliphatic rings. The quantitative estimate of drug-likeness (QED) is 0.707. The molecule has 154 valence electrons. The summed E-state index contributed by atoms with van der Waals surface area (Å²) in [5.41, 5.74) is 4.61. The van der Waals surface area contributed by atoms with Crippen LogP contribution in [0, 0.1) is 6.92 Å². The minimum Gasteiger partial charge on any atom is -0.487 e. The molecule has 1 heterocycles. The van der Waals surface area contributed by atoms with E-state index in [1.54, 1.807) is 30.3 Å². The molecule has 0 bridgehead atoms. The normalized spacial score (nSPS) is 14.7. The Morgan fingerprint density at radius 2 is 1.76 bits per heavy atom. The molecule has 3 rings (SSSR count). The maximum absolute atomic E-state index is 13.1. The van der Waals surface area contributed by atoms with Gasteiger partial charge in [0.05, 0.1) is 16.1 Å². The van der Waals surface area contributed by atoms with Crippen LogP contribution in [-0.4, -0.2) is 28.0 Å². The molecule has 29 heavy (non-hydrogen) atoms. The van der Waals surface area contributed by atoms with Gasteiger partial charge in [-0.05, 0) is 71.4 Å². The number of halogens is 1. The number of carbonyl (C=O) groups is 2. The van der Waals surface area contributed by atoms with Crippen LogP contribution >= 0.6 is 11.6 Å². The number of rotatable bonds is 2. The Morgan fingerprint density at radius 1 is 1.10 bits per heavy atom. The maximum Gasteiger partial charge on any atom is 0.274 e. The molecule has 2 amide bonds. The van der Waals surface area contributed by atoms with E-state index in [4.69, 9.17) is 16.3 Å². The summed E-state index contributed by atoms with van der Waals surface area (Å²) in [4.78, 5) is 26.3. The first-order valence-corrected chi connectivity index (χ1v) is 10.00. The van der Waals surface area contributed by atoms with Crippen LogP contribution in [0.3, 0.4) is 0 Å². The fourth-order valence-electron chi connectivity index (χ4n) is 3.49. The molecule has 1 N–H and O–H groups in total. The molecule has 0 fully saturated rings. The number of fused-ring (bicyclic) bond motifs is 1. The summed E-state index contributed by atoms with van der Waals surface area (Å²) in [6, 6.07) is 10.4. The Morgan fingerprint density at radius 3 is 2.38 bits per heavy atom. The third kappa shape index (κ3) is 4.25. The molecule has 0 saturated heterocycles. The van der Waals surface area contributed by atoms with Crippen LogP contribution in [0.25, 0.3) is 0 Å². The van der Waals surface area contributed by atoms with Gasteiger partial charge in [-0.15, -0.1) is 0 Å². The molecule has 2 aromatic carbocycles. The van der Waals surface area contributed by atoms with Gasteiger partial charge >= 0.3 is 0 Å². The first-order chi connectivity index (χ1) is 13.4. The second kappa shape index (κ2) is 7.38. The van der Waals surface area contributed by atoms with Crippen molar-refractivity contribution in [2.45, 2.75) is 59.1 Å². The molecule has 6 heteroatoms. The van der Waals surface area contributed by atoms with Crippen LogP contribution < -0.4 is 10.2 Å². The third-order valence-electron chi connectivity index (χ3n) is 4.98. The minimum absolute atomic E-state index is 0.292. The molecule has 0 spiro atoms. The molecule has 0 radical (unpaired) electrons. The van der Waals surface area contributed by atoms with Gasteiger partial charge in [-0.2, -0.15) is 0 Å². The second-order valence-corrected chi connectivity index (χ2v) is 9.39. The smallest absolute Gasteiger partial charge is 0.274 e. The van der Waals surface area contributed by atoms with E-state index in [0.717, 1.165) is 23.3 Å². The summed E-state index contributed by atoms with van der Waals surface area (Å²) in [5, 5.41) is 1.68. The number of carbonyl (C=O) groups excluding carboxylic acids is 2. The molecular formula is C23H27ClN2O3. The Kier molecular flexibility index (Phi) is 5.39. The van der Waals surface area contributed by atoms with Crippen molar-refractivity contribution >= 4 is 23.4 Å². The Bertz CT molecular complexity index is 977. The van der Waals surface area contributed by atoms with Gasteiger partial charge in [-0.25, -0.2) is 5.01 Å². The summed E-state index contributed by atoms with van der Waals surface area (Å²) < 4.78 is 5.94. The van der Waals surface area contributed by atoms with Gasteiger partial charge in [0.25, 0.3) is 11.8 Å². The number of hydrazine groups is 1. The number of hydrogen-bond donors (Lipinski definition) is 1. The zero-order valence-electron chi connectivity index (χ0n) is 17.7. The Hall–Kier alpha value is -2.53. The van der Waals surface area contributed by atoms with Crippen molar-refractivity contribution in [1.29, 1.82) is 0 Å². The number of benzene rings is 2. The predicted octanol–water partition coefficient (Wildman–Crippen LogP) is 4.95. The molecule has 0 unspecified atom stereocenters. The zero-order valence-corrected chi connectivity index (χ0v) is 18.5. The molecule has 2 aromatic rings. The lowest BCUT2D eigenvalue weighted by Crippen LogP contribution is -2.56. The summed E-state index contributed by atoms with van der Waals surface area (Å²) >= 11 is 6.21. The van der Waals surface area contributed by atoms with Gasteiger partial charge < -0.3 is 4.74 Å². The highest BCUT2D eigenvalue weighted by Gasteiger charge is 2.34. The second-order valence-electron chi connectivity index (χ2n) is 8.99. The third-order valence-corrected chi connectivity index (χ3v) is 5.31. The molecule has 5 nitrogen and oxygen atoms in total. The molecule has 0 saturated carbocycles. The van der Waals surface area contributed by atoms with Gasteiger partial charge in [-0.1, -0.05) is 23.7 Å². The van der Waals surface area contributed by atoms with Crippen molar-refractivity contribution in [2.75, 3.05) is 0 Å². The minimum atomic E-state index is -0.651. The van der Waals surface area contributed by atoms with E-state index in [1.165, 1.54) is 5.01 Å². The van der Waals surface area contributed by atoms with Crippen molar-refractivity contribution in [3.05, 3.63) is 63.7 Å². The SMILES string of the molecule is Cc1c(C(=O)NN(C(=O)c2ccccc2Cl)C(C)(C)C)ccc2c1CC(C)(C)O2. The fraction of sp³-hybridized carbons (Fsp3) is 0.391. The van der Waals surface area contributed by atoms with Gasteiger partial charge in [0.1, 0.15) is 11.4 Å². The van der Waals surface area contributed by atoms with Gasteiger partial charge in [0, 0.05) is 17.5 Å². The summed E-state index contributed by atoms with van der Waals surface area (Å²) in [5.74, 6) is 0.105. The standard InChI is InChI=1S/C23H27ClN2O3/c1-14-15(11-12-19-17(14)13-23(5,6)29-19)20(27)25-26(22(2,3)4)21(28)16-9-7-8-10-18(16)24/h7-12H,13H2,1-6H3,(H,25,27). The van der Waals surface area contributed by atoms with E-state index >= 15 is 0 Å². The van der Waals surface area contributed by atoms with Crippen molar-refractivity contribution in [3.63, 3.8) is 0 Å². The predicted molar refractivity (Wildman–Crippen MR) is 114 cm³/mol. The average Bonchev–Trinajstić information content (AvgIpc) is 2.94. The largest absolute Gasteiger partial charge is 0.487 e. The number of nitrogens with one attached hydrogen (secondary N) is 1. The number of amides is 2. The molecule has 0 aromatic heterocycles. The van der Waals surface area contributed by atoms with E-state index in [9.17, 15) is 9.59 Å². The lowest BCUT2D eigenvalue weighted by atomic mass is 9.95. The van der Waals surface area contributed by atoms with Gasteiger partial charge in [-0.3, -0.25) is 15.0 Å². The first kappa shape index (κ1) is 21.2. The number of nitrogens with zero attached hydrogens (tertiary/aromatic N) is 1. The van der Waals surface area contributed by atoms with Crippen LogP contribution in [0.15, 0.2) is 36.4 Å². The van der Waals surface area contributed by atoms with Crippen molar-refractivity contribution in [1.82, 2.24) is 10.4 Å². The number of ether oxygens (including phenoxy) is 1. The maximum atomic E-state index is 13.1. The summed E-state index contributed by atoms with van der Waals surface area (Å²) in [6.07, 6.45) is 0.733. The Labute approximate surface area is 177 Å². The van der Waals surface area contributed by atoms with Crippen molar-refractivity contribution in [3.8, 4) is 5.75 Å². The number of hydrogen-bond acceptors (Lipinski definition) is 3. The zero-order chi connectivity index (χ0) is 21.6. The van der Waals surface area contributed by atoms with E-state index in [1.807, 2.05) is 47.6 Å². The van der Waals surface area contributed by atoms with E-state index in [-0.39, 0.29) is 17.4 Å². The van der Waals surface area contributed by atoms with Crippen LogP contribution in [0.2, 0.25) is 5.02 Å². The van der Waals surface area contributed by atoms with Crippen molar-refractivity contribution in [2.24, 2.45) is 0 Å². The Balaban J connectivity index is 1.91. The van der Waals surface area contributed by atoms with Gasteiger partial charge in [0.15, 0.2) is 0 Å². The average molecular weight is 415 g/mol. The van der Waals surface area contributed by atoms with Crippen LogP contribution in [0.1, 0.15) is 66.5 Å². The fourth-order valence-corrected chi connectivity index (χ4v) is 3.71.